The minimum Gasteiger partial charge on any atom is -0.469 e. The molecule has 5 N–H and O–H groups in total. The number of piperazine rings is 4. The largest absolute Gasteiger partial charge is 0.469 e. The Bertz CT molecular complexity index is 4220. The Morgan fingerprint density at radius 1 is 0.508 bits per heavy atom. The van der Waals surface area contributed by atoms with Gasteiger partial charge in [0.15, 0.2) is 17.3 Å². The Hall–Kier alpha value is -10.2. The topological polar surface area (TPSA) is 448 Å². The van der Waals surface area contributed by atoms with Gasteiger partial charge in [-0.3, -0.25) is 67.6 Å². The number of rotatable bonds is 16. The molecule has 0 spiro atoms. The molecule has 10 saturated heterocycles. The van der Waals surface area contributed by atoms with Crippen LogP contribution in [0.25, 0.3) is 4.85 Å². The van der Waals surface area contributed by atoms with Gasteiger partial charge in [-0.15, -0.1) is 11.6 Å². The van der Waals surface area contributed by atoms with Crippen molar-refractivity contribution in [2.24, 2.45) is 35.5 Å². The zero-order valence-corrected chi connectivity index (χ0v) is 76.5. The van der Waals surface area contributed by atoms with Crippen molar-refractivity contribution in [3.63, 3.8) is 0 Å². The first-order valence-electron chi connectivity index (χ1n) is 43.0. The molecular formula is C89H126Cl2N16O21. The molecule has 702 valence electrons. The molecule has 10 aliphatic heterocycles. The highest BCUT2D eigenvalue weighted by Gasteiger charge is 2.41. The summed E-state index contributed by atoms with van der Waals surface area (Å²) in [6, 6.07) is 16.5. The number of carbonyl (C=O) groups is 12. The van der Waals surface area contributed by atoms with Gasteiger partial charge in [-0.05, 0) is 158 Å². The second kappa shape index (κ2) is 57.0. The number of nitriles is 1. The van der Waals surface area contributed by atoms with Crippen LogP contribution in [0.2, 0.25) is 5.15 Å². The predicted octanol–water partition coefficient (Wildman–Crippen LogP) is 4.92. The van der Waals surface area contributed by atoms with Crippen molar-refractivity contribution < 1.29 is 101 Å². The van der Waals surface area contributed by atoms with Gasteiger partial charge in [-0.1, -0.05) is 11.6 Å². The number of hydrogen-bond donors (Lipinski definition) is 5. The lowest BCUT2D eigenvalue weighted by Gasteiger charge is -2.46. The van der Waals surface area contributed by atoms with E-state index in [9.17, 15) is 62.6 Å². The van der Waals surface area contributed by atoms with E-state index in [1.54, 1.807) is 49.3 Å². The molecule has 0 radical (unpaired) electrons. The zero-order valence-electron chi connectivity index (χ0n) is 75.0. The quantitative estimate of drug-likeness (QED) is 0.0189. The maximum absolute atomic E-state index is 11.5. The first-order chi connectivity index (χ1) is 61.6. The van der Waals surface area contributed by atoms with E-state index in [4.69, 9.17) is 44.9 Å². The van der Waals surface area contributed by atoms with Crippen LogP contribution in [0.15, 0.2) is 73.3 Å². The van der Waals surface area contributed by atoms with Gasteiger partial charge in [0.25, 0.3) is 6.67 Å². The number of fused-ring (bicyclic) bond motifs is 4. The lowest BCUT2D eigenvalue weighted by molar-refractivity contribution is -0.155. The number of methoxy groups -OCH3 is 7. The van der Waals surface area contributed by atoms with Gasteiger partial charge in [0.2, 0.25) is 5.91 Å². The number of aliphatic hydroxyl groups is 2. The third kappa shape index (κ3) is 34.0. The number of Topliss-reactive ketones (excluding diaryl/α,β-unsaturated/α-hetero) is 3. The molecule has 4 aromatic rings. The molecule has 0 bridgehead atoms. The third-order valence-electron chi connectivity index (χ3n) is 23.9. The van der Waals surface area contributed by atoms with Crippen molar-refractivity contribution in [3.8, 4) is 6.07 Å². The molecule has 10 aliphatic rings. The number of amides is 1. The van der Waals surface area contributed by atoms with Crippen LogP contribution >= 0.6 is 23.2 Å². The smallest absolute Gasteiger partial charge is 0.356 e. The summed E-state index contributed by atoms with van der Waals surface area (Å²) in [5.74, 6) is 0.632. The Morgan fingerprint density at radius 2 is 0.992 bits per heavy atom. The number of esters is 7. The number of carbonyl (C=O) groups excluding carboxylic acids is 12. The fraction of sp³-hybridized carbons (Fsp3) is 0.618. The number of hydrogen-bond acceptors (Lipinski definition) is 35. The van der Waals surface area contributed by atoms with Gasteiger partial charge in [0.1, 0.15) is 46.7 Å². The molecule has 39 heteroatoms. The average molecular weight is 1830 g/mol. The summed E-state index contributed by atoms with van der Waals surface area (Å²) in [4.78, 5) is 170. The minimum atomic E-state index is -0.540. The van der Waals surface area contributed by atoms with Crippen molar-refractivity contribution in [3.05, 3.63) is 118 Å². The Labute approximate surface area is 759 Å². The number of halogens is 2. The van der Waals surface area contributed by atoms with Gasteiger partial charge >= 0.3 is 41.8 Å². The summed E-state index contributed by atoms with van der Waals surface area (Å²) >= 11 is 10.3. The van der Waals surface area contributed by atoms with Crippen LogP contribution in [0.3, 0.4) is 0 Å². The number of ketones is 3. The first kappa shape index (κ1) is 107. The van der Waals surface area contributed by atoms with E-state index < -0.39 is 18.0 Å². The Morgan fingerprint density at radius 3 is 1.46 bits per heavy atom. The standard InChI is InChI=1S/C16H23N3O2.C16H21N3O2.C11H16N2O4.C10H16N2O3.C9H18N2O.C9H15NO4.C9H9NO4.C7H6ClNO.C2H2ClN/c2*1-12(21)14-3-5-16(17-8-14)19-7-6-18-9-13(11-20)2-4-15(18)10-19;1-12-7-13-6-8(10(14)16-2)4-5-9(13)11(15)17-3;1-15-10(14)7-2-3-8-9(13)11-4-5-12(8)6-7;12-7-8-1-2-9-5-10-3-4-11(9)6-8;2*1-13-8(11)6-3-4-7(10-5-6)9(12)14-2;1-5(10)6-2-3-7(8)9-4-6;3-1-2-4/h3,5,8,13,15,20H,2,4,6-7,9-11H2,1H3;3,5,8,11,13,15H,2,4,6-7,9-10H2,1H3;8-9H,4-7H2,2-3H3;7-8H,2-6H2,1H3,(H,11,13);8-10,12H,1-7H2;6-7,10H,3-5H2,1-2H3;3-5H,1-2H3;2-4H,1H3;1H2/t;;8-,9-;7-,8-;8-,9-;6-,7-;;;/m..0000.../s1. The second-order valence-corrected chi connectivity index (χ2v) is 32.8. The second-order valence-electron chi connectivity index (χ2n) is 32.1. The number of ether oxygens (including phenoxy) is 7. The first-order valence-corrected chi connectivity index (χ1v) is 43.9. The van der Waals surface area contributed by atoms with E-state index in [-0.39, 0.29) is 107 Å². The van der Waals surface area contributed by atoms with Crippen molar-refractivity contribution in [2.45, 2.75) is 134 Å². The number of likely N-dealkylation sites (tertiary alicyclic amines) is 1. The summed E-state index contributed by atoms with van der Waals surface area (Å²) < 4.78 is 32.2. The number of anilines is 2. The van der Waals surface area contributed by atoms with Crippen molar-refractivity contribution in [1.82, 2.24) is 60.4 Å². The van der Waals surface area contributed by atoms with Gasteiger partial charge in [0, 0.05) is 190 Å². The number of nitrogens with zero attached hydrogens (tertiary/aromatic N) is 13. The molecule has 0 saturated carbocycles. The van der Waals surface area contributed by atoms with Crippen molar-refractivity contribution in [2.75, 3.05) is 197 Å². The SMILES string of the molecule is CC(=O)c1ccc(Cl)nc1.CC(=O)c1ccc(N2CCN3CC(C=O)CCC3C2)nc1.CC(=O)c1ccc(N2CCN3CC(CO)CCC3C2)nc1.COC(=O)[C@H]1CC[C@@H](C(=O)OC)NC1.COC(=O)[C@H]1CC[C@H]2C(=O)NCCN2C1.COC(=O)c1ccc(C(=O)OC)nc1.N#CCCl.OC[C@H]1CC[C@H]2CNCCN2C1.[C-]#[N+]CN1C[C@@H](C(=O)OC)CC[C@H]1C(=O)OC. The maximum atomic E-state index is 11.5. The molecule has 12 atom stereocenters. The average Bonchev–Trinajstić information content (AvgIpc) is 0.814. The number of piperidine rings is 6. The highest BCUT2D eigenvalue weighted by atomic mass is 35.5. The molecule has 0 aliphatic carbocycles. The van der Waals surface area contributed by atoms with Gasteiger partial charge in [-0.2, -0.15) is 5.26 Å². The van der Waals surface area contributed by atoms with Crippen molar-refractivity contribution in [1.29, 1.82) is 5.26 Å². The van der Waals surface area contributed by atoms with Crippen LogP contribution in [0, 0.1) is 53.4 Å². The number of nitrogens with one attached hydrogen (secondary N) is 3. The van der Waals surface area contributed by atoms with Gasteiger partial charge < -0.3 is 73.9 Å². The summed E-state index contributed by atoms with van der Waals surface area (Å²) in [7, 11) is 9.34. The van der Waals surface area contributed by atoms with E-state index in [0.29, 0.717) is 116 Å². The summed E-state index contributed by atoms with van der Waals surface area (Å²) in [5, 5.41) is 35.5. The maximum Gasteiger partial charge on any atom is 0.356 e. The van der Waals surface area contributed by atoms with E-state index >= 15 is 0 Å². The lowest BCUT2D eigenvalue weighted by atomic mass is 9.91. The van der Waals surface area contributed by atoms with E-state index in [2.05, 4.69) is 98.6 Å². The number of aliphatic hydroxyl groups excluding tert-OH is 2. The minimum absolute atomic E-state index is 0.00386. The van der Waals surface area contributed by atoms with Crippen LogP contribution in [0.1, 0.15) is 150 Å². The number of aldehydes is 1. The highest BCUT2D eigenvalue weighted by molar-refractivity contribution is 6.29. The van der Waals surface area contributed by atoms with Crippen LogP contribution in [-0.2, 0) is 66.7 Å². The molecule has 10 fully saturated rings. The van der Waals surface area contributed by atoms with Crippen LogP contribution in [0.5, 0.6) is 0 Å². The van der Waals surface area contributed by atoms with E-state index in [1.807, 2.05) is 24.3 Å². The molecule has 4 aromatic heterocycles. The normalized spacial score (nSPS) is 24.0. The Kier molecular flexibility index (Phi) is 47.5. The number of alkyl halides is 1. The van der Waals surface area contributed by atoms with Crippen LogP contribution < -0.4 is 25.8 Å². The molecule has 14 heterocycles. The molecule has 37 nitrogen and oxygen atoms in total. The zero-order chi connectivity index (χ0) is 93.8. The molecule has 0 aromatic carbocycles. The summed E-state index contributed by atoms with van der Waals surface area (Å²) in [6.07, 6.45) is 17.8. The number of pyridine rings is 4. The molecule has 4 unspecified atom stereocenters. The molecule has 128 heavy (non-hydrogen) atoms. The van der Waals surface area contributed by atoms with E-state index in [0.717, 1.165) is 141 Å². The van der Waals surface area contributed by atoms with E-state index in [1.165, 1.54) is 101 Å². The fourth-order valence-corrected chi connectivity index (χ4v) is 16.6. The molecular weight excluding hydrogens is 1700 g/mol. The Balaban J connectivity index is 0.000000226. The summed E-state index contributed by atoms with van der Waals surface area (Å²) in [6.45, 7) is 27.6. The van der Waals surface area contributed by atoms with Crippen LogP contribution in [0.4, 0.5) is 11.6 Å². The third-order valence-corrected chi connectivity index (χ3v) is 24.2. The lowest BCUT2D eigenvalue weighted by Crippen LogP contribution is -2.59. The van der Waals surface area contributed by atoms with Gasteiger partial charge in [-0.25, -0.2) is 41.0 Å². The van der Waals surface area contributed by atoms with Crippen molar-refractivity contribution >= 4 is 106 Å². The highest BCUT2D eigenvalue weighted by Crippen LogP contribution is 2.31. The molecule has 14 rings (SSSR count). The van der Waals surface area contributed by atoms with Gasteiger partial charge in [0.05, 0.1) is 85.2 Å². The monoisotopic (exact) mass is 1820 g/mol. The molecule has 1 amide bonds. The fourth-order valence-electron chi connectivity index (χ4n) is 16.5. The number of aromatic nitrogens is 4. The predicted molar refractivity (Wildman–Crippen MR) is 473 cm³/mol. The summed E-state index contributed by atoms with van der Waals surface area (Å²) in [5.41, 5.74) is 2.36. The van der Waals surface area contributed by atoms with Crippen LogP contribution in [-0.4, -0.2) is 349 Å².